The minimum absolute atomic E-state index is 0.0212. The summed E-state index contributed by atoms with van der Waals surface area (Å²) in [4.78, 5) is 20.5. The lowest BCUT2D eigenvalue weighted by atomic mass is 9.97. The largest absolute Gasteiger partial charge is 0.497 e. The van der Waals surface area contributed by atoms with Crippen LogP contribution in [0.1, 0.15) is 29.7 Å². The van der Waals surface area contributed by atoms with Gasteiger partial charge in [-0.05, 0) is 43.4 Å². The first-order chi connectivity index (χ1) is 13.2. The van der Waals surface area contributed by atoms with Gasteiger partial charge in [0.2, 0.25) is 0 Å². The lowest BCUT2D eigenvalue weighted by molar-refractivity contribution is 0.414. The fraction of sp³-hybridized carbons (Fsp3) is 0.350. The maximum absolute atomic E-state index is 13.5. The summed E-state index contributed by atoms with van der Waals surface area (Å²) in [5.41, 5.74) is 1.90. The Morgan fingerprint density at radius 1 is 1.37 bits per heavy atom. The highest BCUT2D eigenvalue weighted by molar-refractivity contribution is 7.99. The smallest absolute Gasteiger partial charge is 0.267 e. The third-order valence-corrected chi connectivity index (χ3v) is 6.84. The molecule has 138 valence electrons. The van der Waals surface area contributed by atoms with Crippen molar-refractivity contribution >= 4 is 33.3 Å². The van der Waals surface area contributed by atoms with Crippen LogP contribution < -0.4 is 10.3 Å². The Morgan fingerprint density at radius 3 is 3.04 bits per heavy atom. The van der Waals surface area contributed by atoms with Crippen molar-refractivity contribution in [1.29, 1.82) is 5.26 Å². The number of hydrogen-bond acceptors (Lipinski definition) is 6. The third kappa shape index (κ3) is 3.35. The number of aromatic nitrogens is 2. The zero-order chi connectivity index (χ0) is 18.8. The van der Waals surface area contributed by atoms with Crippen LogP contribution >= 0.6 is 23.1 Å². The summed E-state index contributed by atoms with van der Waals surface area (Å²) in [6.45, 7) is 0. The number of aryl methyl sites for hydroxylation is 2. The summed E-state index contributed by atoms with van der Waals surface area (Å²) in [5, 5.41) is 10.3. The molecule has 0 N–H and O–H groups in total. The minimum Gasteiger partial charge on any atom is -0.497 e. The summed E-state index contributed by atoms with van der Waals surface area (Å²) in [6, 6.07) is 9.63. The van der Waals surface area contributed by atoms with Crippen molar-refractivity contribution in [2.45, 2.75) is 37.3 Å². The maximum atomic E-state index is 13.5. The second-order valence-corrected chi connectivity index (χ2v) is 8.53. The lowest BCUT2D eigenvalue weighted by Gasteiger charge is -2.14. The Labute approximate surface area is 165 Å². The number of rotatable bonds is 5. The van der Waals surface area contributed by atoms with Crippen molar-refractivity contribution < 1.29 is 4.74 Å². The quantitative estimate of drug-likeness (QED) is 0.364. The summed E-state index contributed by atoms with van der Waals surface area (Å²) in [7, 11) is 1.61. The molecule has 27 heavy (non-hydrogen) atoms. The van der Waals surface area contributed by atoms with Crippen molar-refractivity contribution in [2.24, 2.45) is 0 Å². The van der Waals surface area contributed by atoms with E-state index in [9.17, 15) is 4.79 Å². The molecule has 2 aromatic heterocycles. The van der Waals surface area contributed by atoms with Gasteiger partial charge in [0.05, 0.1) is 24.3 Å². The number of nitriles is 1. The molecule has 5 nitrogen and oxygen atoms in total. The number of methoxy groups -OCH3 is 1. The van der Waals surface area contributed by atoms with Crippen LogP contribution in [0, 0.1) is 11.3 Å². The molecule has 2 heterocycles. The van der Waals surface area contributed by atoms with Gasteiger partial charge in [-0.15, -0.1) is 11.3 Å². The van der Waals surface area contributed by atoms with Gasteiger partial charge in [-0.3, -0.25) is 9.36 Å². The minimum atomic E-state index is -0.0212. The average Bonchev–Trinajstić information content (AvgIpc) is 3.07. The fourth-order valence-corrected chi connectivity index (χ4v) is 5.61. The van der Waals surface area contributed by atoms with Crippen LogP contribution in [0.15, 0.2) is 34.2 Å². The highest BCUT2D eigenvalue weighted by Crippen LogP contribution is 2.35. The number of nitrogens with zero attached hydrogens (tertiary/aromatic N) is 3. The Hall–Kier alpha value is -2.30. The number of thiophene rings is 1. The molecule has 3 aromatic rings. The van der Waals surface area contributed by atoms with Gasteiger partial charge in [0.1, 0.15) is 10.6 Å². The molecule has 0 bridgehead atoms. The van der Waals surface area contributed by atoms with Crippen molar-refractivity contribution in [2.75, 3.05) is 12.9 Å². The van der Waals surface area contributed by atoms with Crippen LogP contribution in [-0.4, -0.2) is 22.4 Å². The molecule has 0 atom stereocenters. The van der Waals surface area contributed by atoms with Crippen LogP contribution in [0.25, 0.3) is 15.9 Å². The van der Waals surface area contributed by atoms with Crippen LogP contribution in [0.3, 0.4) is 0 Å². The van der Waals surface area contributed by atoms with Crippen LogP contribution in [0.5, 0.6) is 5.75 Å². The molecular formula is C20H19N3O2S2. The van der Waals surface area contributed by atoms with Crippen LogP contribution in [0.2, 0.25) is 0 Å². The first-order valence-corrected chi connectivity index (χ1v) is 10.7. The van der Waals surface area contributed by atoms with Gasteiger partial charge in [0, 0.05) is 23.1 Å². The van der Waals surface area contributed by atoms with Gasteiger partial charge in [-0.2, -0.15) is 5.26 Å². The van der Waals surface area contributed by atoms with E-state index in [4.69, 9.17) is 15.0 Å². The van der Waals surface area contributed by atoms with Gasteiger partial charge in [0.25, 0.3) is 5.56 Å². The molecule has 0 radical (unpaired) electrons. The zero-order valence-corrected chi connectivity index (χ0v) is 16.7. The van der Waals surface area contributed by atoms with Crippen molar-refractivity contribution in [3.63, 3.8) is 0 Å². The average molecular weight is 398 g/mol. The zero-order valence-electron chi connectivity index (χ0n) is 15.0. The summed E-state index contributed by atoms with van der Waals surface area (Å²) < 4.78 is 7.01. The molecule has 1 aliphatic carbocycles. The topological polar surface area (TPSA) is 67.9 Å². The molecule has 0 spiro atoms. The Kier molecular flexibility index (Phi) is 5.19. The maximum Gasteiger partial charge on any atom is 0.267 e. The SMILES string of the molecule is COc1cccc(-n2c(SCCC#N)nc3sc4c(c3c2=O)CCCC4)c1. The molecular weight excluding hydrogens is 378 g/mol. The Morgan fingerprint density at radius 2 is 2.22 bits per heavy atom. The van der Waals surface area contributed by atoms with Gasteiger partial charge in [0.15, 0.2) is 5.16 Å². The molecule has 0 saturated carbocycles. The van der Waals surface area contributed by atoms with E-state index in [-0.39, 0.29) is 5.56 Å². The predicted octanol–water partition coefficient (Wildman–Crippen LogP) is 4.34. The van der Waals surface area contributed by atoms with E-state index in [1.54, 1.807) is 23.0 Å². The first kappa shape index (κ1) is 18.1. The van der Waals surface area contributed by atoms with E-state index in [2.05, 4.69) is 6.07 Å². The molecule has 0 fully saturated rings. The number of thioether (sulfide) groups is 1. The predicted molar refractivity (Wildman–Crippen MR) is 109 cm³/mol. The van der Waals surface area contributed by atoms with Gasteiger partial charge in [-0.25, -0.2) is 4.98 Å². The second kappa shape index (κ2) is 7.75. The molecule has 0 saturated heterocycles. The summed E-state index contributed by atoms with van der Waals surface area (Å²) in [6.07, 6.45) is 4.69. The molecule has 0 amide bonds. The Balaban J connectivity index is 1.95. The monoisotopic (exact) mass is 397 g/mol. The number of fused-ring (bicyclic) bond motifs is 3. The fourth-order valence-electron chi connectivity index (χ4n) is 3.45. The van der Waals surface area contributed by atoms with E-state index in [0.29, 0.717) is 23.1 Å². The second-order valence-electron chi connectivity index (χ2n) is 6.38. The van der Waals surface area contributed by atoms with Crippen LogP contribution in [0.4, 0.5) is 0 Å². The third-order valence-electron chi connectivity index (χ3n) is 4.71. The van der Waals surface area contributed by atoms with E-state index in [1.807, 2.05) is 24.3 Å². The number of benzene rings is 1. The van der Waals surface area contributed by atoms with E-state index in [0.717, 1.165) is 35.2 Å². The molecule has 7 heteroatoms. The van der Waals surface area contributed by atoms with Crippen molar-refractivity contribution in [1.82, 2.24) is 9.55 Å². The molecule has 1 aliphatic rings. The van der Waals surface area contributed by atoms with E-state index in [1.165, 1.54) is 28.6 Å². The van der Waals surface area contributed by atoms with Gasteiger partial charge < -0.3 is 4.74 Å². The lowest BCUT2D eigenvalue weighted by Crippen LogP contribution is -2.22. The highest BCUT2D eigenvalue weighted by Gasteiger charge is 2.23. The normalized spacial score (nSPS) is 13.3. The summed E-state index contributed by atoms with van der Waals surface area (Å²) >= 11 is 3.10. The molecule has 4 rings (SSSR count). The van der Waals surface area contributed by atoms with Crippen molar-refractivity contribution in [3.05, 3.63) is 45.1 Å². The molecule has 1 aromatic carbocycles. The van der Waals surface area contributed by atoms with Crippen molar-refractivity contribution in [3.8, 4) is 17.5 Å². The number of hydrogen-bond donors (Lipinski definition) is 0. The van der Waals surface area contributed by atoms with Crippen LogP contribution in [-0.2, 0) is 12.8 Å². The van der Waals surface area contributed by atoms with Gasteiger partial charge >= 0.3 is 0 Å². The standard InChI is InChI=1S/C20H19N3O2S2/c1-25-14-7-4-6-13(12-14)23-19(24)17-15-8-2-3-9-16(15)27-18(17)22-20(23)26-11-5-10-21/h4,6-7,12H,2-3,5,8-9,11H2,1H3. The first-order valence-electron chi connectivity index (χ1n) is 8.94. The highest BCUT2D eigenvalue weighted by atomic mass is 32.2. The molecule has 0 unspecified atom stereocenters. The van der Waals surface area contributed by atoms with Gasteiger partial charge in [-0.1, -0.05) is 17.8 Å². The summed E-state index contributed by atoms with van der Waals surface area (Å²) in [5.74, 6) is 1.29. The molecule has 0 aliphatic heterocycles. The van der Waals surface area contributed by atoms with E-state index >= 15 is 0 Å². The van der Waals surface area contributed by atoms with E-state index < -0.39 is 0 Å². The Bertz CT molecular complexity index is 1100. The number of ether oxygens (including phenoxy) is 1.